The van der Waals surface area contributed by atoms with Crippen LogP contribution in [0, 0.1) is 0 Å². The van der Waals surface area contributed by atoms with E-state index in [1.807, 2.05) is 19.0 Å². The molecule has 3 nitrogen and oxygen atoms in total. The van der Waals surface area contributed by atoms with Crippen LogP contribution >= 0.6 is 0 Å². The van der Waals surface area contributed by atoms with Gasteiger partial charge < -0.3 is 4.90 Å². The molecule has 0 aliphatic rings. The summed E-state index contributed by atoms with van der Waals surface area (Å²) in [5, 5.41) is 0. The van der Waals surface area contributed by atoms with Gasteiger partial charge in [-0.3, -0.25) is 9.59 Å². The Morgan fingerprint density at radius 3 is 2.33 bits per heavy atom. The van der Waals surface area contributed by atoms with E-state index in [9.17, 15) is 9.59 Å². The number of hydrogen-bond acceptors (Lipinski definition) is 3. The fourth-order valence-electron chi connectivity index (χ4n) is 0.745. The maximum absolute atomic E-state index is 10.9. The molecular formula is C9H15NO2. The minimum Gasteiger partial charge on any atom is -0.384 e. The van der Waals surface area contributed by atoms with Gasteiger partial charge >= 0.3 is 0 Å². The van der Waals surface area contributed by atoms with Gasteiger partial charge in [-0.15, -0.1) is 0 Å². The third-order valence-electron chi connectivity index (χ3n) is 1.20. The first-order valence-electron chi connectivity index (χ1n) is 3.86. The summed E-state index contributed by atoms with van der Waals surface area (Å²) in [5.41, 5.74) is 0. The summed E-state index contributed by atoms with van der Waals surface area (Å²) in [4.78, 5) is 23.3. The second kappa shape index (κ2) is 5.52. The Morgan fingerprint density at radius 2 is 1.92 bits per heavy atom. The minimum atomic E-state index is -0.0711. The zero-order valence-electron chi connectivity index (χ0n) is 7.83. The van der Waals surface area contributed by atoms with Crippen LogP contribution in [0.25, 0.3) is 0 Å². The summed E-state index contributed by atoms with van der Waals surface area (Å²) in [5.74, 6) is -0.0983. The van der Waals surface area contributed by atoms with Gasteiger partial charge in [0.05, 0.1) is 6.42 Å². The predicted molar refractivity (Wildman–Crippen MR) is 47.7 cm³/mol. The van der Waals surface area contributed by atoms with E-state index < -0.39 is 0 Å². The average molecular weight is 169 g/mol. The van der Waals surface area contributed by atoms with Crippen molar-refractivity contribution in [3.8, 4) is 0 Å². The Balaban J connectivity index is 3.64. The molecule has 0 radical (unpaired) electrons. The zero-order valence-corrected chi connectivity index (χ0v) is 7.83. The van der Waals surface area contributed by atoms with Gasteiger partial charge in [0.15, 0.2) is 0 Å². The molecule has 0 spiro atoms. The molecule has 0 aliphatic carbocycles. The average Bonchev–Trinajstić information content (AvgIpc) is 1.84. The summed E-state index contributed by atoms with van der Waals surface area (Å²) in [6, 6.07) is 0. The van der Waals surface area contributed by atoms with Gasteiger partial charge in [-0.1, -0.05) is 6.08 Å². The predicted octanol–water partition coefficient (Wildman–Crippen LogP) is 1.00. The third kappa shape index (κ3) is 6.99. The van der Waals surface area contributed by atoms with Crippen molar-refractivity contribution in [3.63, 3.8) is 0 Å². The van der Waals surface area contributed by atoms with Gasteiger partial charge in [0.2, 0.25) is 0 Å². The Kier molecular flexibility index (Phi) is 5.00. The van der Waals surface area contributed by atoms with Crippen molar-refractivity contribution < 1.29 is 9.59 Å². The van der Waals surface area contributed by atoms with E-state index in [-0.39, 0.29) is 18.0 Å². The quantitative estimate of drug-likeness (QED) is 0.576. The molecule has 0 rings (SSSR count). The van der Waals surface area contributed by atoms with Crippen molar-refractivity contribution in [3.05, 3.63) is 12.3 Å². The molecule has 0 heterocycles. The number of rotatable bonds is 5. The topological polar surface area (TPSA) is 37.4 Å². The Hall–Kier alpha value is -1.12. The highest BCUT2D eigenvalue weighted by atomic mass is 16.1. The van der Waals surface area contributed by atoms with E-state index in [1.54, 1.807) is 12.3 Å². The van der Waals surface area contributed by atoms with Crippen LogP contribution < -0.4 is 0 Å². The van der Waals surface area contributed by atoms with Gasteiger partial charge in [-0.2, -0.15) is 0 Å². The van der Waals surface area contributed by atoms with Crippen LogP contribution in [0.3, 0.4) is 0 Å². The summed E-state index contributed by atoms with van der Waals surface area (Å²) >= 11 is 0. The molecule has 0 aliphatic heterocycles. The van der Waals surface area contributed by atoms with Crippen LogP contribution in [-0.2, 0) is 9.59 Å². The molecule has 0 fully saturated rings. The van der Waals surface area contributed by atoms with E-state index in [4.69, 9.17) is 0 Å². The van der Waals surface area contributed by atoms with Crippen molar-refractivity contribution in [1.82, 2.24) is 4.90 Å². The maximum Gasteiger partial charge on any atom is 0.144 e. The standard InChI is InChI=1S/C9H15NO2/c1-8(11)7-9(12)5-4-6-10(2)3/h4,6H,5,7H2,1-3H3. The molecule has 0 atom stereocenters. The van der Waals surface area contributed by atoms with Crippen molar-refractivity contribution in [2.24, 2.45) is 0 Å². The number of allylic oxidation sites excluding steroid dienone is 1. The molecule has 12 heavy (non-hydrogen) atoms. The molecule has 0 aromatic rings. The van der Waals surface area contributed by atoms with Gasteiger partial charge in [0.1, 0.15) is 11.6 Å². The van der Waals surface area contributed by atoms with E-state index in [1.165, 1.54) is 6.92 Å². The molecule has 0 amide bonds. The zero-order chi connectivity index (χ0) is 9.56. The number of carbonyl (C=O) groups is 2. The summed E-state index contributed by atoms with van der Waals surface area (Å²) in [7, 11) is 3.76. The number of Topliss-reactive ketones (excluding diaryl/α,β-unsaturated/α-hetero) is 2. The highest BCUT2D eigenvalue weighted by molar-refractivity contribution is 5.98. The smallest absolute Gasteiger partial charge is 0.144 e. The maximum atomic E-state index is 10.9. The lowest BCUT2D eigenvalue weighted by atomic mass is 10.2. The van der Waals surface area contributed by atoms with Crippen molar-refractivity contribution in [2.45, 2.75) is 19.8 Å². The number of ketones is 2. The lowest BCUT2D eigenvalue weighted by molar-refractivity contribution is -0.125. The van der Waals surface area contributed by atoms with E-state index in [0.29, 0.717) is 6.42 Å². The minimum absolute atomic E-state index is 0.0272. The molecule has 0 aromatic carbocycles. The van der Waals surface area contributed by atoms with Crippen LogP contribution in [0.5, 0.6) is 0 Å². The first-order chi connectivity index (χ1) is 5.52. The normalized spacial score (nSPS) is 10.2. The summed E-state index contributed by atoms with van der Waals surface area (Å²) < 4.78 is 0. The molecule has 0 saturated carbocycles. The van der Waals surface area contributed by atoms with E-state index in [2.05, 4.69) is 0 Å². The van der Waals surface area contributed by atoms with Crippen molar-refractivity contribution >= 4 is 11.6 Å². The van der Waals surface area contributed by atoms with Crippen LogP contribution in [0.2, 0.25) is 0 Å². The molecule has 3 heteroatoms. The van der Waals surface area contributed by atoms with Crippen molar-refractivity contribution in [1.29, 1.82) is 0 Å². The second-order valence-corrected chi connectivity index (χ2v) is 2.97. The van der Waals surface area contributed by atoms with Gasteiger partial charge in [0.25, 0.3) is 0 Å². The molecule has 0 saturated heterocycles. The monoisotopic (exact) mass is 169 g/mol. The van der Waals surface area contributed by atoms with Gasteiger partial charge in [-0.05, 0) is 13.1 Å². The van der Waals surface area contributed by atoms with Crippen molar-refractivity contribution in [2.75, 3.05) is 14.1 Å². The van der Waals surface area contributed by atoms with Crippen LogP contribution in [-0.4, -0.2) is 30.6 Å². The number of hydrogen-bond donors (Lipinski definition) is 0. The molecule has 0 aromatic heterocycles. The first kappa shape index (κ1) is 10.9. The Bertz CT molecular complexity index is 195. The lowest BCUT2D eigenvalue weighted by Gasteiger charge is -2.02. The molecule has 0 unspecified atom stereocenters. The Morgan fingerprint density at radius 1 is 1.33 bits per heavy atom. The van der Waals surface area contributed by atoms with E-state index >= 15 is 0 Å². The largest absolute Gasteiger partial charge is 0.384 e. The molecule has 0 N–H and O–H groups in total. The SMILES string of the molecule is CC(=O)CC(=O)CC=CN(C)C. The lowest BCUT2D eigenvalue weighted by Crippen LogP contribution is -2.04. The number of nitrogens with zero attached hydrogens (tertiary/aromatic N) is 1. The fourth-order valence-corrected chi connectivity index (χ4v) is 0.745. The highest BCUT2D eigenvalue weighted by Crippen LogP contribution is 1.93. The molecule has 68 valence electrons. The van der Waals surface area contributed by atoms with Gasteiger partial charge in [0, 0.05) is 20.5 Å². The van der Waals surface area contributed by atoms with Crippen LogP contribution in [0.1, 0.15) is 19.8 Å². The van der Waals surface area contributed by atoms with Crippen LogP contribution in [0.4, 0.5) is 0 Å². The second-order valence-electron chi connectivity index (χ2n) is 2.97. The van der Waals surface area contributed by atoms with E-state index in [0.717, 1.165) is 0 Å². The Labute approximate surface area is 73.1 Å². The highest BCUT2D eigenvalue weighted by Gasteiger charge is 2.01. The fraction of sp³-hybridized carbons (Fsp3) is 0.556. The summed E-state index contributed by atoms with van der Waals surface area (Å²) in [6.07, 6.45) is 3.96. The molecular weight excluding hydrogens is 154 g/mol. The van der Waals surface area contributed by atoms with Gasteiger partial charge in [-0.25, -0.2) is 0 Å². The molecule has 0 bridgehead atoms. The van der Waals surface area contributed by atoms with Crippen LogP contribution in [0.15, 0.2) is 12.3 Å². The third-order valence-corrected chi connectivity index (χ3v) is 1.20. The first-order valence-corrected chi connectivity index (χ1v) is 3.86. The number of carbonyl (C=O) groups excluding carboxylic acids is 2. The summed E-state index contributed by atoms with van der Waals surface area (Å²) in [6.45, 7) is 1.42.